The Kier molecular flexibility index (Phi) is 9.76. The molecule has 0 amide bonds. The molecule has 2 aromatic rings. The Morgan fingerprint density at radius 2 is 1.83 bits per heavy atom. The molecule has 3 rings (SSSR count). The van der Waals surface area contributed by atoms with E-state index in [-0.39, 0.29) is 30.4 Å². The highest BCUT2D eigenvalue weighted by Gasteiger charge is 2.29. The number of ether oxygens (including phenoxy) is 1. The van der Waals surface area contributed by atoms with Gasteiger partial charge in [-0.1, -0.05) is 56.2 Å². The summed E-state index contributed by atoms with van der Waals surface area (Å²) in [6.45, 7) is 4.09. The highest BCUT2D eigenvalue weighted by atomic mass is 35.5. The maximum atomic E-state index is 13.2. The van der Waals surface area contributed by atoms with Crippen LogP contribution in [-0.4, -0.2) is 41.2 Å². The third kappa shape index (κ3) is 6.53. The summed E-state index contributed by atoms with van der Waals surface area (Å²) in [5.41, 5.74) is 3.10. The Labute approximate surface area is 184 Å². The van der Waals surface area contributed by atoms with Gasteiger partial charge in [0.15, 0.2) is 0 Å². The summed E-state index contributed by atoms with van der Waals surface area (Å²) in [6, 6.07) is 14.2. The van der Waals surface area contributed by atoms with Crippen molar-refractivity contribution < 1.29 is 19.0 Å². The van der Waals surface area contributed by atoms with Crippen LogP contribution in [0.25, 0.3) is 11.1 Å². The van der Waals surface area contributed by atoms with Gasteiger partial charge in [-0.05, 0) is 48.1 Å². The predicted molar refractivity (Wildman–Crippen MR) is 119 cm³/mol. The van der Waals surface area contributed by atoms with Gasteiger partial charge in [0, 0.05) is 13.1 Å². The summed E-state index contributed by atoms with van der Waals surface area (Å²) in [7, 11) is 0. The number of rotatable bonds is 9. The van der Waals surface area contributed by atoms with Crippen LogP contribution in [-0.2, 0) is 16.1 Å². The molecule has 164 valence electrons. The second-order valence-electron chi connectivity index (χ2n) is 7.71. The molecule has 1 fully saturated rings. The van der Waals surface area contributed by atoms with Crippen molar-refractivity contribution >= 4 is 18.4 Å². The van der Waals surface area contributed by atoms with Crippen LogP contribution in [0.2, 0.25) is 0 Å². The van der Waals surface area contributed by atoms with Gasteiger partial charge >= 0.3 is 5.97 Å². The number of piperidine rings is 1. The monoisotopic (exact) mass is 435 g/mol. The minimum atomic E-state index is -0.717. The molecule has 0 radical (unpaired) electrons. The number of carbonyl (C=O) groups is 1. The number of likely N-dealkylation sites (tertiary alicyclic amines) is 1. The van der Waals surface area contributed by atoms with E-state index in [0.29, 0.717) is 13.0 Å². The van der Waals surface area contributed by atoms with Crippen LogP contribution in [0.1, 0.15) is 44.6 Å². The number of halogens is 2. The maximum Gasteiger partial charge on any atom is 0.320 e. The quantitative estimate of drug-likeness (QED) is 0.561. The normalized spacial score (nSPS) is 16.1. The summed E-state index contributed by atoms with van der Waals surface area (Å²) in [5.74, 6) is -0.959. The molecular weight excluding hydrogens is 405 g/mol. The molecule has 0 bridgehead atoms. The van der Waals surface area contributed by atoms with Crippen molar-refractivity contribution in [2.75, 3.05) is 13.1 Å². The standard InChI is InChI=1S/C24H30FNO3.ClH/c1-2-3-8-23(24(27)28)26-15-13-21(14-16-26)29-17-19-6-4-5-7-22(19)18-9-11-20(25)12-10-18;/h4-7,9-12,21,23H,2-3,8,13-17H2,1H3,(H,27,28);1H. The molecule has 4 nitrogen and oxygen atoms in total. The third-order valence-electron chi connectivity index (χ3n) is 5.68. The van der Waals surface area contributed by atoms with E-state index in [0.717, 1.165) is 55.5 Å². The van der Waals surface area contributed by atoms with Gasteiger partial charge in [-0.2, -0.15) is 0 Å². The van der Waals surface area contributed by atoms with Crippen molar-refractivity contribution in [3.05, 3.63) is 59.9 Å². The van der Waals surface area contributed by atoms with Crippen LogP contribution in [0.15, 0.2) is 48.5 Å². The number of unbranched alkanes of at least 4 members (excludes halogenated alkanes) is 1. The van der Waals surface area contributed by atoms with Crippen LogP contribution in [0.3, 0.4) is 0 Å². The lowest BCUT2D eigenvalue weighted by atomic mass is 9.99. The Balaban J connectivity index is 0.00000320. The highest BCUT2D eigenvalue weighted by molar-refractivity contribution is 5.85. The first-order chi connectivity index (χ1) is 14.1. The fourth-order valence-electron chi connectivity index (χ4n) is 3.98. The molecule has 1 atom stereocenters. The van der Waals surface area contributed by atoms with Gasteiger partial charge < -0.3 is 9.84 Å². The summed E-state index contributed by atoms with van der Waals surface area (Å²) in [4.78, 5) is 13.7. The van der Waals surface area contributed by atoms with Crippen LogP contribution in [0.4, 0.5) is 4.39 Å². The van der Waals surface area contributed by atoms with E-state index in [1.165, 1.54) is 12.1 Å². The summed E-state index contributed by atoms with van der Waals surface area (Å²) < 4.78 is 19.4. The van der Waals surface area contributed by atoms with Crippen molar-refractivity contribution in [2.24, 2.45) is 0 Å². The van der Waals surface area contributed by atoms with E-state index >= 15 is 0 Å². The first kappa shape index (κ1) is 24.3. The van der Waals surface area contributed by atoms with Gasteiger partial charge in [-0.15, -0.1) is 12.4 Å². The molecule has 6 heteroatoms. The second kappa shape index (κ2) is 12.0. The van der Waals surface area contributed by atoms with Crippen LogP contribution in [0, 0.1) is 5.82 Å². The Hall–Kier alpha value is -1.95. The first-order valence-corrected chi connectivity index (χ1v) is 10.5. The largest absolute Gasteiger partial charge is 0.480 e. The number of nitrogens with zero attached hydrogens (tertiary/aromatic N) is 1. The molecule has 0 aromatic heterocycles. The van der Waals surface area contributed by atoms with Gasteiger partial charge in [0.25, 0.3) is 0 Å². The van der Waals surface area contributed by atoms with Crippen molar-refractivity contribution in [1.29, 1.82) is 0 Å². The maximum absolute atomic E-state index is 13.2. The molecule has 0 saturated carbocycles. The molecule has 30 heavy (non-hydrogen) atoms. The zero-order valence-corrected chi connectivity index (χ0v) is 18.2. The van der Waals surface area contributed by atoms with Crippen LogP contribution < -0.4 is 0 Å². The predicted octanol–water partition coefficient (Wildman–Crippen LogP) is 5.54. The smallest absolute Gasteiger partial charge is 0.320 e. The SMILES string of the molecule is CCCCC(C(=O)O)N1CCC(OCc2ccccc2-c2ccc(F)cc2)CC1.Cl. The first-order valence-electron chi connectivity index (χ1n) is 10.5. The van der Waals surface area contributed by atoms with Gasteiger partial charge in [0.05, 0.1) is 12.7 Å². The fraction of sp³-hybridized carbons (Fsp3) is 0.458. The summed E-state index contributed by atoms with van der Waals surface area (Å²) >= 11 is 0. The van der Waals surface area contributed by atoms with Crippen molar-refractivity contribution in [3.63, 3.8) is 0 Å². The zero-order chi connectivity index (χ0) is 20.6. The third-order valence-corrected chi connectivity index (χ3v) is 5.68. The van der Waals surface area contributed by atoms with Crippen molar-refractivity contribution in [2.45, 2.75) is 57.8 Å². The van der Waals surface area contributed by atoms with Gasteiger partial charge in [-0.3, -0.25) is 9.69 Å². The number of aliphatic carboxylic acids is 1. The van der Waals surface area contributed by atoms with E-state index in [1.807, 2.05) is 24.3 Å². The van der Waals surface area contributed by atoms with Crippen LogP contribution >= 0.6 is 12.4 Å². The molecule has 1 heterocycles. The Bertz CT molecular complexity index is 791. The van der Waals surface area contributed by atoms with E-state index in [4.69, 9.17) is 4.74 Å². The molecule has 0 aliphatic carbocycles. The molecule has 1 unspecified atom stereocenters. The number of hydrogen-bond donors (Lipinski definition) is 1. The minimum absolute atomic E-state index is 0. The lowest BCUT2D eigenvalue weighted by Gasteiger charge is -2.35. The number of benzene rings is 2. The molecule has 1 aliphatic rings. The molecular formula is C24H31ClFNO3. The van der Waals surface area contributed by atoms with E-state index < -0.39 is 5.97 Å². The van der Waals surface area contributed by atoms with Crippen molar-refractivity contribution in [3.8, 4) is 11.1 Å². The molecule has 1 saturated heterocycles. The van der Waals surface area contributed by atoms with E-state index in [9.17, 15) is 14.3 Å². The van der Waals surface area contributed by atoms with E-state index in [1.54, 1.807) is 12.1 Å². The Morgan fingerprint density at radius 3 is 2.47 bits per heavy atom. The average Bonchev–Trinajstić information content (AvgIpc) is 2.74. The highest BCUT2D eigenvalue weighted by Crippen LogP contribution is 2.26. The molecule has 1 aliphatic heterocycles. The molecule has 0 spiro atoms. The summed E-state index contributed by atoms with van der Waals surface area (Å²) in [6.07, 6.45) is 4.48. The topological polar surface area (TPSA) is 49.8 Å². The summed E-state index contributed by atoms with van der Waals surface area (Å²) in [5, 5.41) is 9.53. The fourth-order valence-corrected chi connectivity index (χ4v) is 3.98. The van der Waals surface area contributed by atoms with E-state index in [2.05, 4.69) is 11.8 Å². The number of carboxylic acids is 1. The molecule has 2 aromatic carbocycles. The zero-order valence-electron chi connectivity index (χ0n) is 17.4. The van der Waals surface area contributed by atoms with Gasteiger partial charge in [0.1, 0.15) is 11.9 Å². The average molecular weight is 436 g/mol. The lowest BCUT2D eigenvalue weighted by Crippen LogP contribution is -2.47. The number of carboxylic acid groups (broad SMARTS) is 1. The minimum Gasteiger partial charge on any atom is -0.480 e. The van der Waals surface area contributed by atoms with Gasteiger partial charge in [-0.25, -0.2) is 4.39 Å². The van der Waals surface area contributed by atoms with Gasteiger partial charge in [0.2, 0.25) is 0 Å². The Morgan fingerprint density at radius 1 is 1.17 bits per heavy atom. The van der Waals surface area contributed by atoms with Crippen molar-refractivity contribution in [1.82, 2.24) is 4.90 Å². The lowest BCUT2D eigenvalue weighted by molar-refractivity contribution is -0.145. The number of hydrogen-bond acceptors (Lipinski definition) is 3. The molecule has 1 N–H and O–H groups in total. The second-order valence-corrected chi connectivity index (χ2v) is 7.71. The van der Waals surface area contributed by atoms with Crippen LogP contribution in [0.5, 0.6) is 0 Å².